The fourth-order valence-corrected chi connectivity index (χ4v) is 3.81. The van der Waals surface area contributed by atoms with Gasteiger partial charge in [-0.05, 0) is 72.9 Å². The van der Waals surface area contributed by atoms with Crippen molar-refractivity contribution >= 4 is 34.4 Å². The van der Waals surface area contributed by atoms with Gasteiger partial charge in [0.25, 0.3) is 17.5 Å². The summed E-state index contributed by atoms with van der Waals surface area (Å²) in [5, 5.41) is 14.2. The van der Waals surface area contributed by atoms with Crippen LogP contribution in [0.2, 0.25) is 0 Å². The summed E-state index contributed by atoms with van der Waals surface area (Å²) in [6.07, 6.45) is 0.884. The minimum atomic E-state index is -0.503. The number of aryl methyl sites for hydroxylation is 3. The van der Waals surface area contributed by atoms with Gasteiger partial charge < -0.3 is 5.32 Å². The van der Waals surface area contributed by atoms with Gasteiger partial charge in [0.15, 0.2) is 0 Å². The molecule has 166 valence electrons. The van der Waals surface area contributed by atoms with Crippen LogP contribution in [0.15, 0.2) is 72.4 Å². The van der Waals surface area contributed by atoms with Gasteiger partial charge in [-0.3, -0.25) is 19.7 Å². The van der Waals surface area contributed by atoms with Crippen LogP contribution in [0.1, 0.15) is 29.2 Å². The molecule has 1 aliphatic rings. The van der Waals surface area contributed by atoms with Crippen molar-refractivity contribution in [3.8, 4) is 0 Å². The molecular formula is C26H23N3O4. The maximum atomic E-state index is 13.6. The highest BCUT2D eigenvalue weighted by molar-refractivity contribution is 6.46. The van der Waals surface area contributed by atoms with Crippen LogP contribution in [0.5, 0.6) is 0 Å². The van der Waals surface area contributed by atoms with Crippen LogP contribution in [0.4, 0.5) is 17.1 Å². The van der Waals surface area contributed by atoms with E-state index in [2.05, 4.69) is 12.2 Å². The Morgan fingerprint density at radius 3 is 2.18 bits per heavy atom. The van der Waals surface area contributed by atoms with Crippen molar-refractivity contribution in [2.45, 2.75) is 27.2 Å². The third kappa shape index (κ3) is 4.13. The lowest BCUT2D eigenvalue weighted by Gasteiger charge is -2.18. The molecule has 1 N–H and O–H groups in total. The standard InChI is InChI=1S/C26H23N3O4/c1-4-18-7-11-20(12-8-18)27-24-23(19-9-13-21(14-10-19)29(32)33)25(30)28(26(24)31)22-15-16(2)5-6-17(22)3/h5-15,27H,4H2,1-3H3. The van der Waals surface area contributed by atoms with Crippen LogP contribution in [-0.4, -0.2) is 16.7 Å². The van der Waals surface area contributed by atoms with E-state index in [1.165, 1.54) is 29.2 Å². The molecule has 33 heavy (non-hydrogen) atoms. The summed E-state index contributed by atoms with van der Waals surface area (Å²) < 4.78 is 0. The first kappa shape index (κ1) is 22.0. The molecule has 0 saturated heterocycles. The average molecular weight is 441 g/mol. The summed E-state index contributed by atoms with van der Waals surface area (Å²) in [5.74, 6) is -0.947. The molecule has 0 aliphatic carbocycles. The number of amides is 2. The molecule has 1 heterocycles. The second kappa shape index (κ2) is 8.70. The van der Waals surface area contributed by atoms with Gasteiger partial charge in [0.1, 0.15) is 5.70 Å². The molecule has 1 aliphatic heterocycles. The number of carbonyl (C=O) groups is 2. The van der Waals surface area contributed by atoms with E-state index in [4.69, 9.17) is 0 Å². The molecular weight excluding hydrogens is 418 g/mol. The lowest BCUT2D eigenvalue weighted by Crippen LogP contribution is -2.33. The summed E-state index contributed by atoms with van der Waals surface area (Å²) in [7, 11) is 0. The van der Waals surface area contributed by atoms with Crippen molar-refractivity contribution in [3.05, 3.63) is 105 Å². The maximum absolute atomic E-state index is 13.6. The molecule has 4 rings (SSSR count). The number of non-ortho nitro benzene ring substituents is 1. The summed E-state index contributed by atoms with van der Waals surface area (Å²) >= 11 is 0. The molecule has 0 spiro atoms. The lowest BCUT2D eigenvalue weighted by atomic mass is 10.0. The number of rotatable bonds is 6. The fourth-order valence-electron chi connectivity index (χ4n) is 3.81. The zero-order valence-corrected chi connectivity index (χ0v) is 18.6. The molecule has 2 amide bonds. The van der Waals surface area contributed by atoms with E-state index in [1.54, 1.807) is 6.07 Å². The van der Waals surface area contributed by atoms with E-state index in [1.807, 2.05) is 50.2 Å². The van der Waals surface area contributed by atoms with Crippen molar-refractivity contribution in [3.63, 3.8) is 0 Å². The number of imide groups is 1. The number of hydrogen-bond acceptors (Lipinski definition) is 5. The van der Waals surface area contributed by atoms with Crippen molar-refractivity contribution in [2.24, 2.45) is 0 Å². The smallest absolute Gasteiger partial charge is 0.282 e. The Labute approximate surface area is 191 Å². The number of hydrogen-bond donors (Lipinski definition) is 1. The minimum Gasteiger partial charge on any atom is -0.350 e. The van der Waals surface area contributed by atoms with E-state index < -0.39 is 16.7 Å². The summed E-state index contributed by atoms with van der Waals surface area (Å²) in [6.45, 7) is 5.79. The Kier molecular flexibility index (Phi) is 5.79. The molecule has 0 radical (unpaired) electrons. The largest absolute Gasteiger partial charge is 0.350 e. The van der Waals surface area contributed by atoms with Crippen LogP contribution in [0, 0.1) is 24.0 Å². The van der Waals surface area contributed by atoms with E-state index in [0.29, 0.717) is 16.9 Å². The second-order valence-corrected chi connectivity index (χ2v) is 7.97. The van der Waals surface area contributed by atoms with Gasteiger partial charge >= 0.3 is 0 Å². The average Bonchev–Trinajstić information content (AvgIpc) is 3.05. The molecule has 3 aromatic rings. The van der Waals surface area contributed by atoms with Crippen LogP contribution < -0.4 is 10.2 Å². The quantitative estimate of drug-likeness (QED) is 0.324. The first-order valence-corrected chi connectivity index (χ1v) is 10.6. The Bertz CT molecular complexity index is 1290. The van der Waals surface area contributed by atoms with Gasteiger partial charge in [0.05, 0.1) is 16.2 Å². The number of benzene rings is 3. The molecule has 0 atom stereocenters. The summed E-state index contributed by atoms with van der Waals surface area (Å²) in [6, 6.07) is 18.9. The number of nitrogens with one attached hydrogen (secondary N) is 1. The Balaban J connectivity index is 1.82. The minimum absolute atomic E-state index is 0.0906. The van der Waals surface area contributed by atoms with Crippen LogP contribution >= 0.6 is 0 Å². The van der Waals surface area contributed by atoms with Gasteiger partial charge in [-0.1, -0.05) is 31.2 Å². The Morgan fingerprint density at radius 2 is 1.58 bits per heavy atom. The number of nitro benzene ring substituents is 1. The van der Waals surface area contributed by atoms with Crippen molar-refractivity contribution in [2.75, 3.05) is 10.2 Å². The highest BCUT2D eigenvalue weighted by Gasteiger charge is 2.41. The molecule has 0 unspecified atom stereocenters. The third-order valence-corrected chi connectivity index (χ3v) is 5.69. The SMILES string of the molecule is CCc1ccc(NC2=C(c3ccc([N+](=O)[O-])cc3)C(=O)N(c3cc(C)ccc3C)C2=O)cc1. The normalized spacial score (nSPS) is 13.6. The van der Waals surface area contributed by atoms with E-state index in [-0.39, 0.29) is 17.0 Å². The van der Waals surface area contributed by atoms with Gasteiger partial charge in [-0.15, -0.1) is 0 Å². The topological polar surface area (TPSA) is 92.6 Å². The van der Waals surface area contributed by atoms with Crippen molar-refractivity contribution in [1.29, 1.82) is 0 Å². The van der Waals surface area contributed by atoms with Crippen LogP contribution in [-0.2, 0) is 16.0 Å². The lowest BCUT2D eigenvalue weighted by molar-refractivity contribution is -0.384. The van der Waals surface area contributed by atoms with E-state index in [0.717, 1.165) is 23.1 Å². The van der Waals surface area contributed by atoms with E-state index in [9.17, 15) is 19.7 Å². The van der Waals surface area contributed by atoms with Crippen LogP contribution in [0.3, 0.4) is 0 Å². The number of nitrogens with zero attached hydrogens (tertiary/aromatic N) is 2. The van der Waals surface area contributed by atoms with Gasteiger partial charge in [-0.25, -0.2) is 4.90 Å². The predicted octanol–water partition coefficient (Wildman–Crippen LogP) is 5.17. The summed E-state index contributed by atoms with van der Waals surface area (Å²) in [4.78, 5) is 38.8. The molecule has 0 saturated carbocycles. The van der Waals surface area contributed by atoms with Gasteiger partial charge in [0, 0.05) is 17.8 Å². The highest BCUT2D eigenvalue weighted by Crippen LogP contribution is 2.36. The first-order chi connectivity index (χ1) is 15.8. The molecule has 7 nitrogen and oxygen atoms in total. The van der Waals surface area contributed by atoms with Crippen molar-refractivity contribution in [1.82, 2.24) is 0 Å². The van der Waals surface area contributed by atoms with Gasteiger partial charge in [-0.2, -0.15) is 0 Å². The van der Waals surface area contributed by atoms with Crippen molar-refractivity contribution < 1.29 is 14.5 Å². The van der Waals surface area contributed by atoms with E-state index >= 15 is 0 Å². The number of nitro groups is 1. The Hall–Kier alpha value is -4.26. The molecule has 3 aromatic carbocycles. The third-order valence-electron chi connectivity index (χ3n) is 5.69. The number of anilines is 2. The van der Waals surface area contributed by atoms with Crippen LogP contribution in [0.25, 0.3) is 5.57 Å². The predicted molar refractivity (Wildman–Crippen MR) is 128 cm³/mol. The zero-order chi connectivity index (χ0) is 23.7. The first-order valence-electron chi connectivity index (χ1n) is 10.6. The van der Waals surface area contributed by atoms with Gasteiger partial charge in [0.2, 0.25) is 0 Å². The fraction of sp³-hybridized carbons (Fsp3) is 0.154. The molecule has 0 aromatic heterocycles. The monoisotopic (exact) mass is 441 g/mol. The number of carbonyl (C=O) groups excluding carboxylic acids is 2. The highest BCUT2D eigenvalue weighted by atomic mass is 16.6. The Morgan fingerprint density at radius 1 is 0.909 bits per heavy atom. The molecule has 0 fully saturated rings. The maximum Gasteiger partial charge on any atom is 0.282 e. The second-order valence-electron chi connectivity index (χ2n) is 7.97. The zero-order valence-electron chi connectivity index (χ0n) is 18.6. The molecule has 7 heteroatoms. The summed E-state index contributed by atoms with van der Waals surface area (Å²) in [5.41, 5.74) is 4.70. The molecule has 0 bridgehead atoms.